The number of amides is 1. The summed E-state index contributed by atoms with van der Waals surface area (Å²) in [5.41, 5.74) is 2.98. The Balaban J connectivity index is 1.42. The summed E-state index contributed by atoms with van der Waals surface area (Å²) >= 11 is 3.47. The van der Waals surface area contributed by atoms with Gasteiger partial charge in [-0.15, -0.1) is 0 Å². The van der Waals surface area contributed by atoms with Crippen LogP contribution >= 0.6 is 15.9 Å². The van der Waals surface area contributed by atoms with Crippen LogP contribution in [0.3, 0.4) is 0 Å². The fourth-order valence-corrected chi connectivity index (χ4v) is 4.12. The van der Waals surface area contributed by atoms with Crippen molar-refractivity contribution in [3.8, 4) is 0 Å². The van der Waals surface area contributed by atoms with E-state index in [-0.39, 0.29) is 11.9 Å². The number of quaternary nitrogens is 1. The first-order valence-corrected chi connectivity index (χ1v) is 9.76. The molecule has 1 saturated heterocycles. The molecule has 1 amide bonds. The number of carbonyl (C=O) groups is 1. The van der Waals surface area contributed by atoms with Crippen LogP contribution in [0.15, 0.2) is 57.4 Å². The number of halogens is 1. The Morgan fingerprint density at radius 1 is 1.27 bits per heavy atom. The molecule has 3 aromatic rings. The first kappa shape index (κ1) is 17.3. The average molecular weight is 414 g/mol. The van der Waals surface area contributed by atoms with Crippen molar-refractivity contribution in [3.05, 3.63) is 69.9 Å². The van der Waals surface area contributed by atoms with Crippen molar-refractivity contribution in [2.75, 3.05) is 13.1 Å². The van der Waals surface area contributed by atoms with Gasteiger partial charge < -0.3 is 14.6 Å². The van der Waals surface area contributed by atoms with Gasteiger partial charge in [-0.05, 0) is 25.1 Å². The average Bonchev–Trinajstić information content (AvgIpc) is 3.20. The maximum atomic E-state index is 12.7. The Labute approximate surface area is 161 Å². The largest absolute Gasteiger partial charge is 0.451 e. The van der Waals surface area contributed by atoms with E-state index < -0.39 is 0 Å². The fourth-order valence-electron chi connectivity index (χ4n) is 3.76. The molecule has 0 bridgehead atoms. The lowest BCUT2D eigenvalue weighted by atomic mass is 10.1. The number of carbonyl (C=O) groups excluding carboxylic acids is 1. The van der Waals surface area contributed by atoms with E-state index in [1.807, 2.05) is 31.2 Å². The topological polar surface area (TPSA) is 46.7 Å². The Morgan fingerprint density at radius 2 is 2.08 bits per heavy atom. The molecule has 1 fully saturated rings. The number of rotatable bonds is 4. The number of hydrogen-bond donors (Lipinski definition) is 2. The molecule has 134 valence electrons. The van der Waals surface area contributed by atoms with Gasteiger partial charge >= 0.3 is 0 Å². The molecule has 2 N–H and O–H groups in total. The third-order valence-corrected chi connectivity index (χ3v) is 5.61. The predicted octanol–water partition coefficient (Wildman–Crippen LogP) is 3.09. The Hall–Kier alpha value is -2.11. The summed E-state index contributed by atoms with van der Waals surface area (Å²) in [6, 6.07) is 16.5. The molecule has 1 aromatic heterocycles. The van der Waals surface area contributed by atoms with Gasteiger partial charge in [0, 0.05) is 27.4 Å². The molecule has 1 unspecified atom stereocenters. The predicted molar refractivity (Wildman–Crippen MR) is 105 cm³/mol. The molecular weight excluding hydrogens is 392 g/mol. The Bertz CT molecular complexity index is 936. The third kappa shape index (κ3) is 3.55. The number of hydrogen-bond acceptors (Lipinski definition) is 2. The van der Waals surface area contributed by atoms with E-state index in [1.54, 1.807) is 0 Å². The Kier molecular flexibility index (Phi) is 4.83. The fraction of sp³-hybridized carbons (Fsp3) is 0.286. The van der Waals surface area contributed by atoms with Gasteiger partial charge in [-0.1, -0.05) is 46.3 Å². The molecule has 1 aliphatic heterocycles. The van der Waals surface area contributed by atoms with Crippen LogP contribution in [0.25, 0.3) is 11.0 Å². The van der Waals surface area contributed by atoms with Crippen molar-refractivity contribution < 1.29 is 14.1 Å². The van der Waals surface area contributed by atoms with E-state index in [2.05, 4.69) is 45.5 Å². The molecule has 26 heavy (non-hydrogen) atoms. The zero-order valence-electron chi connectivity index (χ0n) is 14.7. The zero-order chi connectivity index (χ0) is 18.1. The van der Waals surface area contributed by atoms with E-state index >= 15 is 0 Å². The highest BCUT2D eigenvalue weighted by atomic mass is 79.9. The minimum Gasteiger partial charge on any atom is -0.451 e. The summed E-state index contributed by atoms with van der Waals surface area (Å²) < 4.78 is 6.79. The zero-order valence-corrected chi connectivity index (χ0v) is 16.3. The van der Waals surface area contributed by atoms with Crippen LogP contribution in [0.4, 0.5) is 0 Å². The first-order valence-electron chi connectivity index (χ1n) is 8.97. The number of likely N-dealkylation sites (tertiary alicyclic amines) is 1. The molecular formula is C21H22BrN2O2+. The number of furan rings is 1. The summed E-state index contributed by atoms with van der Waals surface area (Å²) in [5.74, 6) is 0.315. The lowest BCUT2D eigenvalue weighted by molar-refractivity contribution is -0.901. The summed E-state index contributed by atoms with van der Waals surface area (Å²) in [4.78, 5) is 14.2. The van der Waals surface area contributed by atoms with Gasteiger partial charge in [-0.25, -0.2) is 0 Å². The van der Waals surface area contributed by atoms with Crippen molar-refractivity contribution >= 4 is 32.8 Å². The smallest absolute Gasteiger partial charge is 0.287 e. The highest BCUT2D eigenvalue weighted by Crippen LogP contribution is 2.28. The van der Waals surface area contributed by atoms with Gasteiger partial charge in [0.15, 0.2) is 5.76 Å². The van der Waals surface area contributed by atoms with Crippen molar-refractivity contribution in [2.24, 2.45) is 0 Å². The number of nitrogens with one attached hydrogen (secondary N) is 2. The van der Waals surface area contributed by atoms with Crippen molar-refractivity contribution in [1.29, 1.82) is 0 Å². The summed E-state index contributed by atoms with van der Waals surface area (Å²) in [5, 5.41) is 4.14. The standard InChI is InChI=1S/C21H21BrN2O2/c1-14-18-11-16(22)7-8-19(18)26-20(14)21(25)23-17-9-10-24(13-17)12-15-5-3-2-4-6-15/h2-8,11,17H,9-10,12-13H2,1H3,(H,23,25)/p+1/t17-/m1/s1. The van der Waals surface area contributed by atoms with Crippen molar-refractivity contribution in [3.63, 3.8) is 0 Å². The molecule has 1 aliphatic rings. The first-order chi connectivity index (χ1) is 12.6. The van der Waals surface area contributed by atoms with Crippen LogP contribution < -0.4 is 10.2 Å². The molecule has 4 nitrogen and oxygen atoms in total. The second-order valence-electron chi connectivity index (χ2n) is 7.02. The van der Waals surface area contributed by atoms with E-state index in [1.165, 1.54) is 10.5 Å². The molecule has 5 heteroatoms. The molecule has 0 spiro atoms. The monoisotopic (exact) mass is 413 g/mol. The van der Waals surface area contributed by atoms with E-state index in [9.17, 15) is 4.79 Å². The highest BCUT2D eigenvalue weighted by Gasteiger charge is 2.29. The van der Waals surface area contributed by atoms with Gasteiger partial charge in [-0.2, -0.15) is 0 Å². The van der Waals surface area contributed by atoms with Gasteiger partial charge in [0.1, 0.15) is 12.1 Å². The quantitative estimate of drug-likeness (QED) is 0.690. The summed E-state index contributed by atoms with van der Waals surface area (Å²) in [6.45, 7) is 4.97. The minimum absolute atomic E-state index is 0.110. The normalized spacial score (nSPS) is 19.8. The molecule has 2 atom stereocenters. The van der Waals surface area contributed by atoms with Gasteiger partial charge in [0.05, 0.1) is 19.1 Å². The second kappa shape index (κ2) is 7.25. The molecule has 0 radical (unpaired) electrons. The van der Waals surface area contributed by atoms with Crippen LogP contribution in [-0.2, 0) is 6.54 Å². The van der Waals surface area contributed by atoms with Crippen LogP contribution in [0.2, 0.25) is 0 Å². The number of aryl methyl sites for hydroxylation is 1. The molecule has 2 aromatic carbocycles. The molecule has 2 heterocycles. The maximum Gasteiger partial charge on any atom is 0.287 e. The SMILES string of the molecule is Cc1c(C(=O)N[C@@H]2CC[NH+](Cc3ccccc3)C2)oc2ccc(Br)cc12. The third-order valence-electron chi connectivity index (χ3n) is 5.12. The second-order valence-corrected chi connectivity index (χ2v) is 7.94. The van der Waals surface area contributed by atoms with E-state index in [4.69, 9.17) is 4.42 Å². The van der Waals surface area contributed by atoms with Crippen LogP contribution in [0.1, 0.15) is 28.1 Å². The van der Waals surface area contributed by atoms with Crippen LogP contribution in [-0.4, -0.2) is 25.0 Å². The molecule has 4 rings (SSSR count). The van der Waals surface area contributed by atoms with Crippen molar-refractivity contribution in [1.82, 2.24) is 5.32 Å². The van der Waals surface area contributed by atoms with Crippen LogP contribution in [0, 0.1) is 6.92 Å². The summed E-state index contributed by atoms with van der Waals surface area (Å²) in [6.07, 6.45) is 0.999. The van der Waals surface area contributed by atoms with Gasteiger partial charge in [0.2, 0.25) is 0 Å². The highest BCUT2D eigenvalue weighted by molar-refractivity contribution is 9.10. The molecule has 0 aliphatic carbocycles. The van der Waals surface area contributed by atoms with Crippen LogP contribution in [0.5, 0.6) is 0 Å². The summed E-state index contributed by atoms with van der Waals surface area (Å²) in [7, 11) is 0. The maximum absolute atomic E-state index is 12.7. The lowest BCUT2D eigenvalue weighted by Crippen LogP contribution is -3.09. The van der Waals surface area contributed by atoms with Gasteiger partial charge in [-0.3, -0.25) is 4.79 Å². The molecule has 0 saturated carbocycles. The number of benzene rings is 2. The van der Waals surface area contributed by atoms with E-state index in [0.717, 1.165) is 47.1 Å². The minimum atomic E-state index is -0.110. The van der Waals surface area contributed by atoms with Crippen molar-refractivity contribution in [2.45, 2.75) is 25.9 Å². The lowest BCUT2D eigenvalue weighted by Gasteiger charge is -2.14. The Morgan fingerprint density at radius 3 is 2.88 bits per heavy atom. The number of fused-ring (bicyclic) bond motifs is 1. The van der Waals surface area contributed by atoms with E-state index in [0.29, 0.717) is 5.76 Å². The van der Waals surface area contributed by atoms with Gasteiger partial charge in [0.25, 0.3) is 5.91 Å².